The zero-order valence-corrected chi connectivity index (χ0v) is 26.3. The van der Waals surface area contributed by atoms with Crippen molar-refractivity contribution in [3.63, 3.8) is 0 Å². The maximum Gasteiger partial charge on any atom is 0.233 e. The molecular formula is C42H26O2S2. The molecular weight excluding hydrogens is 601 g/mol. The van der Waals surface area contributed by atoms with Crippen molar-refractivity contribution < 1.29 is 9.59 Å². The quantitative estimate of drug-likeness (QED) is 0.100. The molecule has 0 spiro atoms. The molecule has 0 saturated heterocycles. The molecule has 0 fully saturated rings. The van der Waals surface area contributed by atoms with E-state index in [2.05, 4.69) is 72.2 Å². The van der Waals surface area contributed by atoms with E-state index in [1.54, 1.807) is 72.1 Å². The van der Waals surface area contributed by atoms with Gasteiger partial charge in [-0.05, 0) is 121 Å². The predicted octanol–water partition coefficient (Wildman–Crippen LogP) is 9.85. The van der Waals surface area contributed by atoms with Crippen LogP contribution in [-0.4, -0.2) is 11.6 Å². The molecule has 0 unspecified atom stereocenters. The van der Waals surface area contributed by atoms with Crippen LogP contribution < -0.4 is 0 Å². The number of benzene rings is 6. The van der Waals surface area contributed by atoms with Crippen molar-refractivity contribution in [3.8, 4) is 23.7 Å². The van der Waals surface area contributed by atoms with Crippen molar-refractivity contribution in [2.24, 2.45) is 0 Å². The lowest BCUT2D eigenvalue weighted by molar-refractivity contribution is 0.0817. The van der Waals surface area contributed by atoms with E-state index in [9.17, 15) is 9.59 Å². The molecule has 0 atom stereocenters. The van der Waals surface area contributed by atoms with E-state index in [0.717, 1.165) is 32.0 Å². The van der Waals surface area contributed by atoms with Crippen LogP contribution in [0.2, 0.25) is 0 Å². The Labute approximate surface area is 277 Å². The van der Waals surface area contributed by atoms with Crippen LogP contribution in [0.1, 0.15) is 43.0 Å². The van der Waals surface area contributed by atoms with Crippen molar-refractivity contribution in [1.82, 2.24) is 0 Å². The first kappa shape index (κ1) is 30.5. The summed E-state index contributed by atoms with van der Waals surface area (Å²) in [5.41, 5.74) is 3.98. The standard InChI is InChI=1S/C42H26O2S2/c43-41(35-23-15-31(16-24-35)11-13-33-19-27-39(28-20-33)45-37-7-3-1-4-8-37)42(44)36-25-17-32(18-26-36)12-14-34-21-29-40(30-22-34)46-38-9-5-2-6-10-38/h1-10,15-30H. The lowest BCUT2D eigenvalue weighted by Crippen LogP contribution is -2.14. The second-order valence-corrected chi connectivity index (χ2v) is 12.5. The van der Waals surface area contributed by atoms with Gasteiger partial charge < -0.3 is 0 Å². The summed E-state index contributed by atoms with van der Waals surface area (Å²) in [4.78, 5) is 30.5. The third-order valence-corrected chi connectivity index (χ3v) is 8.90. The van der Waals surface area contributed by atoms with Gasteiger partial charge in [-0.15, -0.1) is 0 Å². The summed E-state index contributed by atoms with van der Waals surface area (Å²) in [7, 11) is 0. The molecule has 0 N–H and O–H groups in total. The first-order valence-corrected chi connectivity index (χ1v) is 16.2. The van der Waals surface area contributed by atoms with Crippen molar-refractivity contribution in [3.05, 3.63) is 191 Å². The van der Waals surface area contributed by atoms with Crippen LogP contribution in [-0.2, 0) is 0 Å². The number of Topliss-reactive ketones (excluding diaryl/α,β-unsaturated/α-hetero) is 2. The van der Waals surface area contributed by atoms with E-state index < -0.39 is 11.6 Å². The molecule has 0 saturated carbocycles. The highest BCUT2D eigenvalue weighted by Crippen LogP contribution is 2.28. The summed E-state index contributed by atoms with van der Waals surface area (Å²) in [6, 6.07) is 50.3. The smallest absolute Gasteiger partial charge is 0.233 e. The number of carbonyl (C=O) groups is 2. The SMILES string of the molecule is O=C(C(=O)c1ccc(C#Cc2ccc(Sc3ccccc3)cc2)cc1)c1ccc(C#Cc2ccc(Sc3ccccc3)cc2)cc1. The molecule has 0 heterocycles. The summed E-state index contributed by atoms with van der Waals surface area (Å²) < 4.78 is 0. The average molecular weight is 627 g/mol. The lowest BCUT2D eigenvalue weighted by atomic mass is 9.99. The topological polar surface area (TPSA) is 34.1 Å². The number of ketones is 2. The van der Waals surface area contributed by atoms with Gasteiger partial charge in [0.1, 0.15) is 0 Å². The lowest BCUT2D eigenvalue weighted by Gasteiger charge is -2.02. The molecule has 6 aromatic carbocycles. The van der Waals surface area contributed by atoms with Gasteiger partial charge in [0, 0.05) is 53.0 Å². The van der Waals surface area contributed by atoms with Crippen LogP contribution >= 0.6 is 23.5 Å². The van der Waals surface area contributed by atoms with Crippen LogP contribution in [0, 0.1) is 23.7 Å². The summed E-state index contributed by atoms with van der Waals surface area (Å²) in [6.45, 7) is 0. The zero-order valence-electron chi connectivity index (χ0n) is 24.6. The Morgan fingerprint density at radius 1 is 0.326 bits per heavy atom. The molecule has 0 bridgehead atoms. The van der Waals surface area contributed by atoms with Gasteiger partial charge in [-0.3, -0.25) is 9.59 Å². The highest BCUT2D eigenvalue weighted by atomic mass is 32.2. The molecule has 0 aromatic heterocycles. The fraction of sp³-hybridized carbons (Fsp3) is 0. The van der Waals surface area contributed by atoms with E-state index in [1.165, 1.54) is 9.79 Å². The molecule has 0 aliphatic rings. The molecule has 6 rings (SSSR count). The van der Waals surface area contributed by atoms with Crippen molar-refractivity contribution in [1.29, 1.82) is 0 Å². The van der Waals surface area contributed by atoms with Gasteiger partial charge in [-0.1, -0.05) is 83.6 Å². The molecule has 6 aromatic rings. The number of hydrogen-bond acceptors (Lipinski definition) is 4. The third kappa shape index (κ3) is 8.35. The Morgan fingerprint density at radius 3 is 0.891 bits per heavy atom. The third-order valence-electron chi connectivity index (χ3n) is 6.87. The predicted molar refractivity (Wildman–Crippen MR) is 188 cm³/mol. The molecule has 4 heteroatoms. The molecule has 0 aliphatic heterocycles. The van der Waals surface area contributed by atoms with E-state index >= 15 is 0 Å². The number of rotatable bonds is 7. The zero-order chi connectivity index (χ0) is 31.6. The molecule has 46 heavy (non-hydrogen) atoms. The van der Waals surface area contributed by atoms with Crippen LogP contribution in [0.5, 0.6) is 0 Å². The second kappa shape index (κ2) is 15.0. The largest absolute Gasteiger partial charge is 0.285 e. The Hall–Kier alpha value is -5.52. The highest BCUT2D eigenvalue weighted by Gasteiger charge is 2.18. The number of hydrogen-bond donors (Lipinski definition) is 0. The Kier molecular flexibility index (Phi) is 9.93. The normalized spacial score (nSPS) is 10.2. The summed E-state index contributed by atoms with van der Waals surface area (Å²) >= 11 is 3.41. The maximum absolute atomic E-state index is 12.9. The van der Waals surface area contributed by atoms with Gasteiger partial charge in [0.2, 0.25) is 11.6 Å². The first-order chi connectivity index (χ1) is 22.6. The molecule has 2 nitrogen and oxygen atoms in total. The molecule has 218 valence electrons. The molecule has 0 amide bonds. The Morgan fingerprint density at radius 2 is 0.587 bits per heavy atom. The highest BCUT2D eigenvalue weighted by molar-refractivity contribution is 7.99. The minimum Gasteiger partial charge on any atom is -0.285 e. The Bertz CT molecular complexity index is 1920. The average Bonchev–Trinajstić information content (AvgIpc) is 3.12. The van der Waals surface area contributed by atoms with Gasteiger partial charge in [-0.2, -0.15) is 0 Å². The Balaban J connectivity index is 1.03. The van der Waals surface area contributed by atoms with E-state index in [0.29, 0.717) is 11.1 Å². The monoisotopic (exact) mass is 626 g/mol. The number of carbonyl (C=O) groups excluding carboxylic acids is 2. The van der Waals surface area contributed by atoms with E-state index in [-0.39, 0.29) is 0 Å². The van der Waals surface area contributed by atoms with E-state index in [4.69, 9.17) is 0 Å². The van der Waals surface area contributed by atoms with Crippen molar-refractivity contribution >= 4 is 35.1 Å². The second-order valence-electron chi connectivity index (χ2n) is 10.2. The van der Waals surface area contributed by atoms with Crippen LogP contribution in [0.25, 0.3) is 0 Å². The molecule has 0 radical (unpaired) electrons. The maximum atomic E-state index is 12.9. The summed E-state index contributed by atoms with van der Waals surface area (Å²) in [5, 5.41) is 0. The van der Waals surface area contributed by atoms with Crippen molar-refractivity contribution in [2.75, 3.05) is 0 Å². The fourth-order valence-corrected chi connectivity index (χ4v) is 6.10. The van der Waals surface area contributed by atoms with Crippen LogP contribution in [0.15, 0.2) is 177 Å². The van der Waals surface area contributed by atoms with Gasteiger partial charge in [0.15, 0.2) is 0 Å². The van der Waals surface area contributed by atoms with Crippen LogP contribution in [0.4, 0.5) is 0 Å². The fourth-order valence-electron chi connectivity index (χ4n) is 4.42. The first-order valence-electron chi connectivity index (χ1n) is 14.6. The van der Waals surface area contributed by atoms with Crippen molar-refractivity contribution in [2.45, 2.75) is 19.6 Å². The minimum atomic E-state index is -0.557. The van der Waals surface area contributed by atoms with Gasteiger partial charge in [-0.25, -0.2) is 0 Å². The van der Waals surface area contributed by atoms with Crippen LogP contribution in [0.3, 0.4) is 0 Å². The summed E-state index contributed by atoms with van der Waals surface area (Å²) in [6.07, 6.45) is 0. The summed E-state index contributed by atoms with van der Waals surface area (Å²) in [5.74, 6) is 11.5. The minimum absolute atomic E-state index is 0.329. The van der Waals surface area contributed by atoms with Gasteiger partial charge >= 0.3 is 0 Å². The van der Waals surface area contributed by atoms with Gasteiger partial charge in [0.25, 0.3) is 0 Å². The molecule has 0 aliphatic carbocycles. The van der Waals surface area contributed by atoms with E-state index in [1.807, 2.05) is 60.7 Å². The van der Waals surface area contributed by atoms with Gasteiger partial charge in [0.05, 0.1) is 0 Å².